The third-order valence-corrected chi connectivity index (χ3v) is 5.76. The summed E-state index contributed by atoms with van der Waals surface area (Å²) in [5.41, 5.74) is 4.84. The molecule has 128 valence electrons. The van der Waals surface area contributed by atoms with Gasteiger partial charge in [0.2, 0.25) is 0 Å². The summed E-state index contributed by atoms with van der Waals surface area (Å²) >= 11 is 0. The molecule has 0 amide bonds. The fourth-order valence-electron chi connectivity index (χ4n) is 4.72. The van der Waals surface area contributed by atoms with Gasteiger partial charge in [0, 0.05) is 53.9 Å². The number of carbonyl (C=O) groups is 2. The lowest BCUT2D eigenvalue weighted by Crippen LogP contribution is -2.41. The number of hydrogen-bond acceptors (Lipinski definition) is 5. The van der Waals surface area contributed by atoms with Crippen LogP contribution in [0.2, 0.25) is 0 Å². The lowest BCUT2D eigenvalue weighted by atomic mass is 9.81. The van der Waals surface area contributed by atoms with Gasteiger partial charge in [-0.15, -0.1) is 0 Å². The Morgan fingerprint density at radius 1 is 1.28 bits per heavy atom. The molecule has 6 heteroatoms. The number of hydrogen-bond donors (Lipinski definition) is 3. The second-order valence-electron chi connectivity index (χ2n) is 7.05. The van der Waals surface area contributed by atoms with Crippen molar-refractivity contribution in [3.05, 3.63) is 58.9 Å². The molecule has 3 unspecified atom stereocenters. The molecule has 5 rings (SSSR count). The second kappa shape index (κ2) is 5.12. The van der Waals surface area contributed by atoms with Crippen LogP contribution in [0.25, 0.3) is 0 Å². The van der Waals surface area contributed by atoms with E-state index in [1.165, 1.54) is 5.57 Å². The average Bonchev–Trinajstić information content (AvgIpc) is 2.82. The van der Waals surface area contributed by atoms with Crippen LogP contribution >= 0.6 is 0 Å². The summed E-state index contributed by atoms with van der Waals surface area (Å²) in [5, 5.41) is 16.2. The Kier molecular flexibility index (Phi) is 2.98. The molecule has 3 N–H and O–H groups in total. The summed E-state index contributed by atoms with van der Waals surface area (Å²) < 4.78 is 0. The molecule has 3 heterocycles. The van der Waals surface area contributed by atoms with E-state index in [2.05, 4.69) is 21.6 Å². The predicted octanol–water partition coefficient (Wildman–Crippen LogP) is 1.38. The summed E-state index contributed by atoms with van der Waals surface area (Å²) in [6, 6.07) is -0.365. The van der Waals surface area contributed by atoms with Gasteiger partial charge in [0.25, 0.3) is 0 Å². The number of carboxylic acids is 1. The van der Waals surface area contributed by atoms with E-state index in [-0.39, 0.29) is 17.7 Å². The molecule has 5 aliphatic rings. The molecule has 0 aromatic heterocycles. The first-order valence-corrected chi connectivity index (χ1v) is 8.72. The zero-order chi connectivity index (χ0) is 17.1. The standard InChI is InChI=1S/C19H19N3O3/c23-15-3-1-2-10-8-21-16-12(19(24)25)5-4-11-13-9-20-7-6-14(13)22(17(10)15)18(11)16/h1-2,6,8-9,11-12,17,20-21H,3-5,7H2,(H,24,25). The molecule has 2 aliphatic carbocycles. The van der Waals surface area contributed by atoms with E-state index in [1.54, 1.807) is 0 Å². The van der Waals surface area contributed by atoms with Crippen molar-refractivity contribution in [1.29, 1.82) is 0 Å². The highest BCUT2D eigenvalue weighted by atomic mass is 16.4. The summed E-state index contributed by atoms with van der Waals surface area (Å²) in [5.74, 6) is -1.07. The van der Waals surface area contributed by atoms with Gasteiger partial charge in [0.15, 0.2) is 5.78 Å². The third-order valence-electron chi connectivity index (χ3n) is 5.76. The first-order valence-electron chi connectivity index (χ1n) is 8.72. The molecule has 0 bridgehead atoms. The molecule has 25 heavy (non-hydrogen) atoms. The lowest BCUT2D eigenvalue weighted by Gasteiger charge is -2.35. The molecule has 3 aliphatic heterocycles. The van der Waals surface area contributed by atoms with Crippen molar-refractivity contribution >= 4 is 11.8 Å². The number of nitrogens with one attached hydrogen (secondary N) is 2. The van der Waals surface area contributed by atoms with Gasteiger partial charge in [-0.2, -0.15) is 0 Å². The monoisotopic (exact) mass is 337 g/mol. The van der Waals surface area contributed by atoms with Crippen molar-refractivity contribution in [1.82, 2.24) is 15.5 Å². The Labute approximate surface area is 145 Å². The number of dihydropyridines is 1. The topological polar surface area (TPSA) is 81.7 Å². The van der Waals surface area contributed by atoms with E-state index in [1.807, 2.05) is 24.6 Å². The first kappa shape index (κ1) is 14.6. The quantitative estimate of drug-likeness (QED) is 0.671. The van der Waals surface area contributed by atoms with E-state index in [0.29, 0.717) is 12.8 Å². The van der Waals surface area contributed by atoms with Gasteiger partial charge in [-0.25, -0.2) is 0 Å². The Hall–Kier alpha value is -2.76. The van der Waals surface area contributed by atoms with Gasteiger partial charge in [-0.1, -0.05) is 12.2 Å². The van der Waals surface area contributed by atoms with Crippen LogP contribution < -0.4 is 10.6 Å². The van der Waals surface area contributed by atoms with Crippen LogP contribution in [0.4, 0.5) is 0 Å². The van der Waals surface area contributed by atoms with Gasteiger partial charge in [-0.3, -0.25) is 9.59 Å². The number of allylic oxidation sites excluding steroid dienone is 3. The van der Waals surface area contributed by atoms with E-state index < -0.39 is 11.9 Å². The molecule has 0 aromatic carbocycles. The van der Waals surface area contributed by atoms with Crippen molar-refractivity contribution in [2.24, 2.45) is 11.8 Å². The number of Topliss-reactive ketones (excluding diaryl/α,β-unsaturated/α-hetero) is 1. The Bertz CT molecular complexity index is 846. The maximum absolute atomic E-state index is 12.8. The maximum Gasteiger partial charge on any atom is 0.312 e. The number of fused-ring (bicyclic) bond motifs is 5. The Balaban J connectivity index is 1.76. The van der Waals surface area contributed by atoms with Crippen molar-refractivity contribution in [2.45, 2.75) is 25.3 Å². The highest BCUT2D eigenvalue weighted by molar-refractivity contribution is 5.92. The minimum atomic E-state index is -0.811. The first-order chi connectivity index (χ1) is 12.2. The molecule has 0 aromatic rings. The minimum Gasteiger partial charge on any atom is -0.481 e. The van der Waals surface area contributed by atoms with Crippen molar-refractivity contribution in [3.8, 4) is 0 Å². The van der Waals surface area contributed by atoms with Gasteiger partial charge < -0.3 is 20.6 Å². The number of ketones is 1. The number of carbonyl (C=O) groups excluding carboxylic acids is 1. The van der Waals surface area contributed by atoms with Crippen LogP contribution in [0.1, 0.15) is 19.3 Å². The Morgan fingerprint density at radius 3 is 3.00 bits per heavy atom. The molecule has 3 atom stereocenters. The molecule has 6 nitrogen and oxygen atoms in total. The highest BCUT2D eigenvalue weighted by Gasteiger charge is 2.50. The smallest absolute Gasteiger partial charge is 0.312 e. The molecule has 0 spiro atoms. The van der Waals surface area contributed by atoms with E-state index in [0.717, 1.165) is 35.6 Å². The van der Waals surface area contributed by atoms with Crippen LogP contribution in [0.15, 0.2) is 58.9 Å². The fraction of sp³-hybridized carbons (Fsp3) is 0.368. The highest BCUT2D eigenvalue weighted by Crippen LogP contribution is 2.52. The van der Waals surface area contributed by atoms with Gasteiger partial charge in [0.1, 0.15) is 6.04 Å². The van der Waals surface area contributed by atoms with E-state index >= 15 is 0 Å². The molecular formula is C19H19N3O3. The number of carboxylic acid groups (broad SMARTS) is 1. The van der Waals surface area contributed by atoms with Crippen LogP contribution in [0.3, 0.4) is 0 Å². The van der Waals surface area contributed by atoms with Crippen LogP contribution in [0, 0.1) is 11.8 Å². The predicted molar refractivity (Wildman–Crippen MR) is 90.7 cm³/mol. The molecule has 0 saturated carbocycles. The second-order valence-corrected chi connectivity index (χ2v) is 7.05. The van der Waals surface area contributed by atoms with Gasteiger partial charge in [-0.05, 0) is 24.5 Å². The maximum atomic E-state index is 12.8. The minimum absolute atomic E-state index is 0.142. The number of aliphatic carboxylic acids is 1. The normalized spacial score (nSPS) is 32.3. The van der Waals surface area contributed by atoms with E-state index in [9.17, 15) is 14.7 Å². The zero-order valence-corrected chi connectivity index (χ0v) is 13.7. The van der Waals surface area contributed by atoms with Crippen molar-refractivity contribution in [2.75, 3.05) is 6.54 Å². The number of rotatable bonds is 1. The van der Waals surface area contributed by atoms with E-state index in [4.69, 9.17) is 0 Å². The molecule has 0 radical (unpaired) electrons. The number of nitrogens with zero attached hydrogens (tertiary/aromatic N) is 1. The average molecular weight is 337 g/mol. The summed E-state index contributed by atoms with van der Waals surface area (Å²) in [7, 11) is 0. The summed E-state index contributed by atoms with van der Waals surface area (Å²) in [4.78, 5) is 26.7. The van der Waals surface area contributed by atoms with Gasteiger partial charge >= 0.3 is 5.97 Å². The zero-order valence-electron chi connectivity index (χ0n) is 13.7. The summed E-state index contributed by atoms with van der Waals surface area (Å²) in [6.45, 7) is 0.719. The molecule has 1 fully saturated rings. The third kappa shape index (κ3) is 1.91. The van der Waals surface area contributed by atoms with Crippen LogP contribution in [-0.4, -0.2) is 34.3 Å². The SMILES string of the molecule is O=C(O)C1CCC2C3=CNCC=C3N3C2=C1NC=C1C=CCC(=O)C13. The van der Waals surface area contributed by atoms with Gasteiger partial charge in [0.05, 0.1) is 5.92 Å². The van der Waals surface area contributed by atoms with Crippen LogP contribution in [-0.2, 0) is 9.59 Å². The van der Waals surface area contributed by atoms with Crippen molar-refractivity contribution < 1.29 is 14.7 Å². The largest absolute Gasteiger partial charge is 0.481 e. The summed E-state index contributed by atoms with van der Waals surface area (Å²) in [6.07, 6.45) is 11.6. The van der Waals surface area contributed by atoms with Crippen molar-refractivity contribution in [3.63, 3.8) is 0 Å². The Morgan fingerprint density at radius 2 is 2.16 bits per heavy atom. The fourth-order valence-corrected chi connectivity index (χ4v) is 4.72. The van der Waals surface area contributed by atoms with Crippen LogP contribution in [0.5, 0.6) is 0 Å². The lowest BCUT2D eigenvalue weighted by molar-refractivity contribution is -0.141. The molecule has 1 saturated heterocycles. The molecular weight excluding hydrogens is 318 g/mol.